The van der Waals surface area contributed by atoms with E-state index >= 15 is 38.4 Å². The topological polar surface area (TPSA) is 311 Å². The second-order valence-corrected chi connectivity index (χ2v) is 33.9. The molecule has 0 radical (unpaired) electrons. The molecular formula is C77H133N13O13S. The van der Waals surface area contributed by atoms with Gasteiger partial charge in [-0.3, -0.25) is 57.5 Å². The molecule has 3 saturated heterocycles. The number of aliphatic hydroxyl groups excluding tert-OH is 1. The average molecular weight is 1480 g/mol. The van der Waals surface area contributed by atoms with Gasteiger partial charge in [0.2, 0.25) is 70.9 Å². The van der Waals surface area contributed by atoms with Crippen molar-refractivity contribution in [2.45, 2.75) is 308 Å². The van der Waals surface area contributed by atoms with Gasteiger partial charge < -0.3 is 70.9 Å². The first-order valence-corrected chi connectivity index (χ1v) is 40.6. The second-order valence-electron chi connectivity index (χ2n) is 32.9. The van der Waals surface area contributed by atoms with Gasteiger partial charge in [0, 0.05) is 80.1 Å². The summed E-state index contributed by atoms with van der Waals surface area (Å²) in [7, 11) is 10.4. The predicted molar refractivity (Wildman–Crippen MR) is 403 cm³/mol. The molecule has 27 heteroatoms. The molecule has 0 bridgehead atoms. The number of carbonyl (C=O) groups excluding carboxylic acids is 12. The maximum Gasteiger partial charge on any atom is 0.248 e. The number of amides is 12. The summed E-state index contributed by atoms with van der Waals surface area (Å²) in [6, 6.07) is -14.1. The number of hydrogen-bond acceptors (Lipinski definition) is 15. The van der Waals surface area contributed by atoms with Gasteiger partial charge >= 0.3 is 0 Å². The van der Waals surface area contributed by atoms with E-state index in [1.54, 1.807) is 30.6 Å². The number of rotatable bonds is 16. The molecule has 12 amide bonds. The largest absolute Gasteiger partial charge is 0.391 e. The third-order valence-corrected chi connectivity index (χ3v) is 24.4. The first-order valence-electron chi connectivity index (χ1n) is 39.5. The molecule has 13 atom stereocenters. The van der Waals surface area contributed by atoms with Crippen molar-refractivity contribution in [1.29, 1.82) is 0 Å². The predicted octanol–water partition coefficient (Wildman–Crippen LogP) is 5.65. The van der Waals surface area contributed by atoms with E-state index in [0.29, 0.717) is 37.6 Å². The van der Waals surface area contributed by atoms with Gasteiger partial charge in [-0.2, -0.15) is 0 Å². The lowest BCUT2D eigenvalue weighted by Gasteiger charge is -2.40. The van der Waals surface area contributed by atoms with Gasteiger partial charge in [-0.05, 0) is 120 Å². The quantitative estimate of drug-likeness (QED) is 0.109. The summed E-state index contributed by atoms with van der Waals surface area (Å²) < 4.78 is 0. The summed E-state index contributed by atoms with van der Waals surface area (Å²) in [5.41, 5.74) is 0. The highest BCUT2D eigenvalue weighted by molar-refractivity contribution is 7.99. The maximum absolute atomic E-state index is 15.9. The molecule has 0 aromatic heterocycles. The highest BCUT2D eigenvalue weighted by Gasteiger charge is 2.46. The van der Waals surface area contributed by atoms with Crippen LogP contribution in [0.15, 0.2) is 0 Å². The van der Waals surface area contributed by atoms with Crippen LogP contribution in [0.4, 0.5) is 0 Å². The minimum atomic E-state index is -1.64. The number of piperidine rings is 1. The van der Waals surface area contributed by atoms with Crippen LogP contribution in [-0.4, -0.2) is 268 Å². The second kappa shape index (κ2) is 41.3. The van der Waals surface area contributed by atoms with Crippen molar-refractivity contribution in [3.05, 3.63) is 0 Å². The molecule has 6 fully saturated rings. The fourth-order valence-electron chi connectivity index (χ4n) is 16.4. The molecule has 0 aromatic carbocycles. The number of nitrogens with zero attached hydrogens (tertiary/aromatic N) is 8. The fourth-order valence-corrected chi connectivity index (χ4v) is 17.4. The van der Waals surface area contributed by atoms with Crippen LogP contribution < -0.4 is 26.6 Å². The van der Waals surface area contributed by atoms with E-state index in [0.717, 1.165) is 103 Å². The van der Waals surface area contributed by atoms with Gasteiger partial charge in [-0.15, -0.1) is 11.8 Å². The number of likely N-dealkylation sites (tertiary alicyclic amines) is 1. The lowest BCUT2D eigenvalue weighted by Crippen LogP contribution is -2.62. The van der Waals surface area contributed by atoms with Crippen molar-refractivity contribution < 1.29 is 62.6 Å². The first-order chi connectivity index (χ1) is 49.1. The van der Waals surface area contributed by atoms with Gasteiger partial charge in [0.1, 0.15) is 66.5 Å². The Hall–Kier alpha value is -6.09. The molecule has 590 valence electrons. The Morgan fingerprint density at radius 3 is 1.33 bits per heavy atom. The Balaban J connectivity index is 1.49. The molecule has 6 aliphatic rings. The van der Waals surface area contributed by atoms with Crippen molar-refractivity contribution >= 4 is 82.6 Å². The van der Waals surface area contributed by atoms with E-state index in [-0.39, 0.29) is 86.5 Å². The minimum absolute atomic E-state index is 0.0216. The molecule has 3 heterocycles. The summed E-state index contributed by atoms with van der Waals surface area (Å²) >= 11 is 1.64. The average Bonchev–Trinajstić information content (AvgIpc) is 1.41. The fraction of sp³-hybridized carbons (Fsp3) is 0.844. The van der Waals surface area contributed by atoms with Crippen LogP contribution in [0.3, 0.4) is 0 Å². The van der Waals surface area contributed by atoms with Gasteiger partial charge in [-0.1, -0.05) is 138 Å². The molecule has 0 aromatic rings. The molecule has 6 N–H and O–H groups in total. The minimum Gasteiger partial charge on any atom is -0.391 e. The van der Waals surface area contributed by atoms with Crippen molar-refractivity contribution in [3.8, 4) is 0 Å². The zero-order valence-electron chi connectivity index (χ0n) is 66.0. The van der Waals surface area contributed by atoms with Crippen molar-refractivity contribution in [2.75, 3.05) is 74.1 Å². The van der Waals surface area contributed by atoms with Gasteiger partial charge in [0.15, 0.2) is 0 Å². The van der Waals surface area contributed by atoms with E-state index in [9.17, 15) is 24.3 Å². The molecule has 6 rings (SSSR count). The molecule has 1 unspecified atom stereocenters. The maximum atomic E-state index is 15.9. The van der Waals surface area contributed by atoms with Gasteiger partial charge in [0.25, 0.3) is 0 Å². The van der Waals surface area contributed by atoms with E-state index in [2.05, 4.69) is 26.6 Å². The number of hydrogen-bond donors (Lipinski definition) is 6. The van der Waals surface area contributed by atoms with Crippen LogP contribution in [0, 0.1) is 35.5 Å². The molecule has 104 heavy (non-hydrogen) atoms. The molecular weight excluding hydrogens is 1350 g/mol. The van der Waals surface area contributed by atoms with Crippen molar-refractivity contribution in [2.24, 2.45) is 35.5 Å². The van der Waals surface area contributed by atoms with Crippen LogP contribution >= 0.6 is 11.8 Å². The molecule has 3 aliphatic heterocycles. The monoisotopic (exact) mass is 1480 g/mol. The van der Waals surface area contributed by atoms with Crippen LogP contribution in [0.2, 0.25) is 0 Å². The lowest BCUT2D eigenvalue weighted by molar-refractivity contribution is -0.153. The zero-order valence-corrected chi connectivity index (χ0v) is 66.8. The number of likely N-dealkylation sites (N-methyl/N-ethyl adjacent to an activating group) is 7. The number of nitrogens with one attached hydrogen (secondary N) is 5. The summed E-state index contributed by atoms with van der Waals surface area (Å²) in [6.07, 6.45) is 14.9. The van der Waals surface area contributed by atoms with Gasteiger partial charge in [0.05, 0.1) is 12.5 Å². The standard InChI is InChI=1S/C77H133N13O13S/c1-47(2)37-57-67(93)82-66(52(9)91)77(103)89(16)63(39-49(5)6)75(101)84(11)51(8)72(98)86(13)62(43-56-45-104-46-78-56)70(96)80-58(40-53-29-21-17-22-30-53)73(99)88(15)64(42-55-33-25-19-26-34-55)76(102)87(14)60(38-48(3)4)68(94)81-59(74(100)90-35-27-20-28-36-90)44-65(92)83(10)50(7)71(97)85(12)61(69(95)79-57)41-54-31-23-18-24-32-54/h47-64,66,78,91H,17-46H2,1-16H3,(H,79,95)(H,80,96)(H,81,94)(H,82,93)/t50-,51-,52+,56?,57-,58-,59-,60-,61-,62-,63-,64-,66-/m0/s1. The van der Waals surface area contributed by atoms with Gasteiger partial charge in [-0.25, -0.2) is 0 Å². The molecule has 0 spiro atoms. The Morgan fingerprint density at radius 1 is 0.423 bits per heavy atom. The van der Waals surface area contributed by atoms with E-state index in [4.69, 9.17) is 0 Å². The summed E-state index contributed by atoms with van der Waals surface area (Å²) in [5, 5.41) is 26.6. The summed E-state index contributed by atoms with van der Waals surface area (Å²) in [6.45, 7) is 16.4. The van der Waals surface area contributed by atoms with E-state index in [1.807, 2.05) is 41.5 Å². The Bertz CT molecular complexity index is 2890. The van der Waals surface area contributed by atoms with E-state index in [1.165, 1.54) is 90.4 Å². The molecule has 26 nitrogen and oxygen atoms in total. The first kappa shape index (κ1) is 86.8. The lowest BCUT2D eigenvalue weighted by atomic mass is 9.83. The van der Waals surface area contributed by atoms with Crippen LogP contribution in [0.5, 0.6) is 0 Å². The molecule has 3 saturated carbocycles. The third-order valence-electron chi connectivity index (χ3n) is 23.4. The highest BCUT2D eigenvalue weighted by Crippen LogP contribution is 2.34. The summed E-state index contributed by atoms with van der Waals surface area (Å²) in [4.78, 5) is 194. The SMILES string of the molecule is CC(C)C[C@@H]1NC(=O)[C@H](CC2CCCCC2)N(C)C(=O)[C@H](C)N(C)C(=O)C[C@@H](C(=O)N2CCCCC2)NC(=O)[C@H](CC(C)C)N(C)C(=O)[C@H](CC2CCCCC2)N(C)C(=O)[C@H](CC2CCCCC2)NC(=O)[C@H](CC2CSCN2)N(C)C(=O)[C@H](C)N(C)C(=O)[C@H](CC(C)C)N(C)C(=O)[C@H]([C@@H](C)O)NC1=O. The summed E-state index contributed by atoms with van der Waals surface area (Å²) in [5.74, 6) is -6.82. The van der Waals surface area contributed by atoms with Crippen molar-refractivity contribution in [1.82, 2.24) is 65.8 Å². The number of thioether (sulfide) groups is 1. The highest BCUT2D eigenvalue weighted by atomic mass is 32.2. The Labute approximate surface area is 625 Å². The number of carbonyl (C=O) groups is 12. The Morgan fingerprint density at radius 2 is 0.837 bits per heavy atom. The van der Waals surface area contributed by atoms with Crippen LogP contribution in [-0.2, 0) is 57.5 Å². The van der Waals surface area contributed by atoms with E-state index < -0.39 is 150 Å². The third kappa shape index (κ3) is 24.2. The Kier molecular flexibility index (Phi) is 34.5. The smallest absolute Gasteiger partial charge is 0.248 e. The van der Waals surface area contributed by atoms with Crippen LogP contribution in [0.25, 0.3) is 0 Å². The zero-order chi connectivity index (χ0) is 77.0. The van der Waals surface area contributed by atoms with Crippen LogP contribution in [0.1, 0.15) is 229 Å². The number of aliphatic hydroxyl groups is 1. The van der Waals surface area contributed by atoms with Crippen molar-refractivity contribution in [3.63, 3.8) is 0 Å². The molecule has 3 aliphatic carbocycles. The normalized spacial score (nSPS) is 30.0.